The van der Waals surface area contributed by atoms with Crippen LogP contribution in [0.4, 0.5) is 17.6 Å². The average molecular weight is 681 g/mol. The second kappa shape index (κ2) is 12.7. The van der Waals surface area contributed by atoms with Crippen LogP contribution in [0.2, 0.25) is 14.8 Å². The summed E-state index contributed by atoms with van der Waals surface area (Å²) in [6.07, 6.45) is 9.34. The number of pyridine rings is 2. The normalized spacial score (nSPS) is 19.0. The summed E-state index contributed by atoms with van der Waals surface area (Å²) in [5.41, 5.74) is 0.488. The van der Waals surface area contributed by atoms with E-state index in [4.69, 9.17) is 0 Å². The molecule has 2 aromatic rings. The zero-order chi connectivity index (χ0) is 24.5. The molecule has 0 radical (unpaired) electrons. The van der Waals surface area contributed by atoms with E-state index in [1.807, 2.05) is 12.3 Å². The van der Waals surface area contributed by atoms with E-state index in [2.05, 4.69) is 36.9 Å². The molecule has 2 nitrogen and oxygen atoms in total. The molecule has 8 heteroatoms. The van der Waals surface area contributed by atoms with E-state index in [0.717, 1.165) is 12.8 Å². The topological polar surface area (TPSA) is 25.8 Å². The molecular formula is C25H31F4IN2Sn. The summed E-state index contributed by atoms with van der Waals surface area (Å²) in [7, 11) is 0. The Hall–Kier alpha value is -0.971. The third kappa shape index (κ3) is 9.30. The first-order valence-corrected chi connectivity index (χ1v) is 22.2. The summed E-state index contributed by atoms with van der Waals surface area (Å²) >= 11 is -0.113. The zero-order valence-electron chi connectivity index (χ0n) is 19.3. The van der Waals surface area contributed by atoms with Crippen molar-refractivity contribution >= 4 is 50.3 Å². The van der Waals surface area contributed by atoms with Crippen LogP contribution in [0.1, 0.15) is 44.2 Å². The van der Waals surface area contributed by atoms with Crippen molar-refractivity contribution < 1.29 is 17.6 Å². The summed E-state index contributed by atoms with van der Waals surface area (Å²) in [5.74, 6) is -5.22. The van der Waals surface area contributed by atoms with E-state index >= 15 is 0 Å². The Labute approximate surface area is 212 Å². The van der Waals surface area contributed by atoms with Crippen LogP contribution >= 0.6 is 22.6 Å². The van der Waals surface area contributed by atoms with Gasteiger partial charge in [0, 0.05) is 24.6 Å². The van der Waals surface area contributed by atoms with Crippen LogP contribution in [0.15, 0.2) is 64.5 Å². The molecule has 2 aromatic heterocycles. The molecule has 4 rings (SSSR count). The molecule has 0 saturated carbocycles. The molecule has 2 heterocycles. The average Bonchev–Trinajstić information content (AvgIpc) is 2.77. The van der Waals surface area contributed by atoms with Crippen molar-refractivity contribution in [2.45, 2.75) is 65.2 Å². The summed E-state index contributed by atoms with van der Waals surface area (Å²) in [4.78, 5) is 15.4. The monoisotopic (exact) mass is 682 g/mol. The van der Waals surface area contributed by atoms with E-state index < -0.39 is 30.2 Å². The van der Waals surface area contributed by atoms with Crippen molar-refractivity contribution in [3.8, 4) is 0 Å². The van der Waals surface area contributed by atoms with Crippen molar-refractivity contribution in [3.05, 3.63) is 70.2 Å². The van der Waals surface area contributed by atoms with Gasteiger partial charge < -0.3 is 0 Å². The number of alkyl halides is 4. The molecule has 0 bridgehead atoms. The van der Waals surface area contributed by atoms with Crippen LogP contribution in [0.5, 0.6) is 0 Å². The number of rotatable bonds is 2. The third-order valence-electron chi connectivity index (χ3n) is 5.18. The van der Waals surface area contributed by atoms with Crippen LogP contribution in [0, 0.1) is 0 Å². The summed E-state index contributed by atoms with van der Waals surface area (Å²) in [5, 5.41) is 0. The molecule has 33 heavy (non-hydrogen) atoms. The molecule has 0 amide bonds. The van der Waals surface area contributed by atoms with Gasteiger partial charge in [0.2, 0.25) is 0 Å². The van der Waals surface area contributed by atoms with Crippen molar-refractivity contribution in [2.75, 3.05) is 0 Å². The molecule has 0 fully saturated rings. The maximum atomic E-state index is 13.4. The van der Waals surface area contributed by atoms with Gasteiger partial charge in [0.15, 0.2) is 0 Å². The number of aromatic nitrogens is 2. The number of allylic oxidation sites excluding steroid dienone is 4. The van der Waals surface area contributed by atoms with Gasteiger partial charge in [-0.25, -0.2) is 17.6 Å². The van der Waals surface area contributed by atoms with Gasteiger partial charge in [-0.15, -0.1) is 0 Å². The van der Waals surface area contributed by atoms with E-state index in [1.165, 1.54) is 3.71 Å². The minimum absolute atomic E-state index is 0.0295. The van der Waals surface area contributed by atoms with Crippen molar-refractivity contribution in [1.29, 1.82) is 0 Å². The molecule has 0 atom stereocenters. The van der Waals surface area contributed by atoms with Crippen LogP contribution in [0.3, 0.4) is 0 Å². The molecule has 0 unspecified atom stereocenters. The van der Waals surface area contributed by atoms with Gasteiger partial charge in [-0.1, -0.05) is 18.2 Å². The second-order valence-electron chi connectivity index (χ2n) is 9.04. The van der Waals surface area contributed by atoms with Gasteiger partial charge in [-0.05, 0) is 60.4 Å². The molecule has 2 aliphatic carbocycles. The standard InChI is InChI=1S/C11H11F2N.C6H7F2I.C5H4N.3CH3.Sn/c12-11(13)7-3-1-5-9(11)10-6-2-4-8-14-10;7-6(8)4-2-1-3-5(6)9;1-2-4-6-5-3-1;;;;/h2,4-6,8H,1,3,7H2;3H,1-2,4H2;1-4H;3*1H3;. The summed E-state index contributed by atoms with van der Waals surface area (Å²) in [6, 6.07) is 11.3. The molecule has 0 spiro atoms. The number of nitrogens with zero attached hydrogens (tertiary/aromatic N) is 2. The predicted octanol–water partition coefficient (Wildman–Crippen LogP) is 8.04. The molecule has 2 aliphatic rings. The maximum absolute atomic E-state index is 13.4. The van der Waals surface area contributed by atoms with Crippen molar-refractivity contribution in [3.63, 3.8) is 0 Å². The van der Waals surface area contributed by atoms with E-state index in [1.54, 1.807) is 59.1 Å². The summed E-state index contributed by atoms with van der Waals surface area (Å²) < 4.78 is 53.5. The zero-order valence-corrected chi connectivity index (χ0v) is 24.3. The van der Waals surface area contributed by atoms with Crippen LogP contribution in [0.25, 0.3) is 5.57 Å². The van der Waals surface area contributed by atoms with Crippen LogP contribution in [-0.2, 0) is 0 Å². The van der Waals surface area contributed by atoms with E-state index in [-0.39, 0.29) is 22.0 Å². The number of hydrogen-bond donors (Lipinski definition) is 0. The second-order valence-corrected chi connectivity index (χ2v) is 24.5. The fourth-order valence-electron chi connectivity index (χ4n) is 3.30. The first-order chi connectivity index (χ1) is 15.4. The molecule has 0 saturated heterocycles. The third-order valence-corrected chi connectivity index (χ3v) is 11.6. The van der Waals surface area contributed by atoms with Crippen LogP contribution in [-0.4, -0.2) is 40.2 Å². The van der Waals surface area contributed by atoms with Crippen molar-refractivity contribution in [1.82, 2.24) is 9.97 Å². The SMILES string of the molecule is FC1(F)CCCC=C1I.FC1(F)CCCC=C1c1ccccn1.[CH3][Sn]([CH3])([CH3])[c]1ccccn1. The van der Waals surface area contributed by atoms with Gasteiger partial charge >= 0.3 is 66.3 Å². The fourth-order valence-corrected chi connectivity index (χ4v) is 6.90. The molecule has 180 valence electrons. The van der Waals surface area contributed by atoms with Gasteiger partial charge in [0.05, 0.1) is 9.27 Å². The fraction of sp³-hybridized carbons (Fsp3) is 0.440. The first kappa shape index (κ1) is 28.3. The molecular weight excluding hydrogens is 650 g/mol. The number of hydrogen-bond acceptors (Lipinski definition) is 2. The first-order valence-electron chi connectivity index (χ1n) is 11.1. The Kier molecular flexibility index (Phi) is 10.8. The molecule has 0 N–H and O–H groups in total. The Balaban J connectivity index is 0.000000181. The molecule has 0 aliphatic heterocycles. The van der Waals surface area contributed by atoms with E-state index in [9.17, 15) is 17.6 Å². The number of halogens is 5. The van der Waals surface area contributed by atoms with Crippen LogP contribution < -0.4 is 3.71 Å². The summed E-state index contributed by atoms with van der Waals surface area (Å²) in [6.45, 7) is 0. The van der Waals surface area contributed by atoms with Crippen molar-refractivity contribution in [2.24, 2.45) is 0 Å². The Bertz CT molecular complexity index is 926. The Morgan fingerprint density at radius 2 is 1.36 bits per heavy atom. The quantitative estimate of drug-likeness (QED) is 0.182. The van der Waals surface area contributed by atoms with Gasteiger partial charge in [-0.3, -0.25) is 4.98 Å². The van der Waals surface area contributed by atoms with Gasteiger partial charge in [-0.2, -0.15) is 0 Å². The molecule has 0 aromatic carbocycles. The van der Waals surface area contributed by atoms with E-state index in [0.29, 0.717) is 18.5 Å². The van der Waals surface area contributed by atoms with Gasteiger partial charge in [0.1, 0.15) is 0 Å². The minimum atomic E-state index is -2.70. The Morgan fingerprint density at radius 1 is 0.788 bits per heavy atom. The van der Waals surface area contributed by atoms with Gasteiger partial charge in [0.25, 0.3) is 11.8 Å². The Morgan fingerprint density at radius 3 is 1.76 bits per heavy atom. The predicted molar refractivity (Wildman–Crippen MR) is 139 cm³/mol.